The lowest BCUT2D eigenvalue weighted by Crippen LogP contribution is -2.46. The van der Waals surface area contributed by atoms with Gasteiger partial charge in [-0.05, 0) is 39.0 Å². The van der Waals surface area contributed by atoms with Crippen molar-refractivity contribution in [2.45, 2.75) is 32.7 Å². The van der Waals surface area contributed by atoms with Crippen LogP contribution in [0.4, 0.5) is 0 Å². The molecule has 4 unspecified atom stereocenters. The van der Waals surface area contributed by atoms with Crippen LogP contribution < -0.4 is 0 Å². The van der Waals surface area contributed by atoms with Gasteiger partial charge in [-0.25, -0.2) is 0 Å². The molecule has 86 valence electrons. The van der Waals surface area contributed by atoms with Gasteiger partial charge in [0.05, 0.1) is 11.8 Å². The van der Waals surface area contributed by atoms with Gasteiger partial charge in [0.2, 0.25) is 11.8 Å². The standard InChI is InChI=1S/C13H17NO2/c1-13(2,3)14-11(15)9-7-4-5-8(6-7)10(9)12(14)16/h4-5,7-10H,6H2,1-3H3. The second kappa shape index (κ2) is 2.76. The van der Waals surface area contributed by atoms with E-state index in [1.807, 2.05) is 20.8 Å². The lowest BCUT2D eigenvalue weighted by atomic mass is 9.85. The number of carbonyl (C=O) groups excluding carboxylic acids is 2. The first-order chi connectivity index (χ1) is 7.41. The van der Waals surface area contributed by atoms with Crippen molar-refractivity contribution >= 4 is 11.8 Å². The zero-order chi connectivity index (χ0) is 11.7. The lowest BCUT2D eigenvalue weighted by molar-refractivity contribution is -0.146. The molecule has 0 spiro atoms. The summed E-state index contributed by atoms with van der Waals surface area (Å²) >= 11 is 0. The number of imide groups is 1. The van der Waals surface area contributed by atoms with Crippen LogP contribution in [0.5, 0.6) is 0 Å². The van der Waals surface area contributed by atoms with Gasteiger partial charge in [-0.15, -0.1) is 0 Å². The number of rotatable bonds is 0. The number of allylic oxidation sites excluding steroid dienone is 2. The number of nitrogens with zero attached hydrogens (tertiary/aromatic N) is 1. The predicted molar refractivity (Wildman–Crippen MR) is 59.3 cm³/mol. The number of hydrogen-bond donors (Lipinski definition) is 0. The molecule has 3 rings (SSSR count). The highest BCUT2D eigenvalue weighted by atomic mass is 16.2. The van der Waals surface area contributed by atoms with Crippen molar-refractivity contribution in [2.24, 2.45) is 23.7 Å². The molecule has 3 heteroatoms. The maximum atomic E-state index is 12.3. The molecule has 0 aromatic carbocycles. The minimum absolute atomic E-state index is 0.0540. The normalized spacial score (nSPS) is 41.1. The predicted octanol–water partition coefficient (Wildman–Crippen LogP) is 1.59. The number of carbonyl (C=O) groups is 2. The summed E-state index contributed by atoms with van der Waals surface area (Å²) in [6.07, 6.45) is 5.26. The van der Waals surface area contributed by atoms with Gasteiger partial charge in [-0.2, -0.15) is 0 Å². The number of amides is 2. The number of likely N-dealkylation sites (tertiary alicyclic amines) is 1. The average Bonchev–Trinajstić information content (AvgIpc) is 2.77. The van der Waals surface area contributed by atoms with Gasteiger partial charge in [-0.3, -0.25) is 14.5 Å². The van der Waals surface area contributed by atoms with Gasteiger partial charge < -0.3 is 0 Å². The van der Waals surface area contributed by atoms with Gasteiger partial charge in [-0.1, -0.05) is 12.2 Å². The lowest BCUT2D eigenvalue weighted by Gasteiger charge is -2.31. The largest absolute Gasteiger partial charge is 0.277 e. The van der Waals surface area contributed by atoms with E-state index in [1.54, 1.807) is 0 Å². The Labute approximate surface area is 95.5 Å². The van der Waals surface area contributed by atoms with Crippen molar-refractivity contribution in [2.75, 3.05) is 0 Å². The quantitative estimate of drug-likeness (QED) is 0.458. The second-order valence-electron chi connectivity index (χ2n) is 6.18. The van der Waals surface area contributed by atoms with Crippen LogP contribution in [0, 0.1) is 23.7 Å². The molecule has 0 aromatic heterocycles. The zero-order valence-corrected chi connectivity index (χ0v) is 9.93. The summed E-state index contributed by atoms with van der Waals surface area (Å²) in [5.74, 6) is 0.639. The second-order valence-corrected chi connectivity index (χ2v) is 6.18. The topological polar surface area (TPSA) is 37.4 Å². The fraction of sp³-hybridized carbons (Fsp3) is 0.692. The van der Waals surface area contributed by atoms with Crippen molar-refractivity contribution in [3.8, 4) is 0 Å². The van der Waals surface area contributed by atoms with Gasteiger partial charge in [0.25, 0.3) is 0 Å². The third-order valence-corrected chi connectivity index (χ3v) is 4.14. The SMILES string of the molecule is CC(C)(C)N1C(=O)C2C3C=CC(C3)C2C1=O. The van der Waals surface area contributed by atoms with Crippen molar-refractivity contribution in [3.05, 3.63) is 12.2 Å². The molecule has 2 aliphatic carbocycles. The molecular weight excluding hydrogens is 202 g/mol. The average molecular weight is 219 g/mol. The molecule has 2 bridgehead atoms. The van der Waals surface area contributed by atoms with Gasteiger partial charge in [0.1, 0.15) is 0 Å². The smallest absolute Gasteiger partial charge is 0.234 e. The maximum Gasteiger partial charge on any atom is 0.234 e. The monoisotopic (exact) mass is 219 g/mol. The van der Waals surface area contributed by atoms with Crippen molar-refractivity contribution < 1.29 is 9.59 Å². The first-order valence-electron chi connectivity index (χ1n) is 5.97. The fourth-order valence-corrected chi connectivity index (χ4v) is 3.56. The number of hydrogen-bond acceptors (Lipinski definition) is 2. The molecule has 16 heavy (non-hydrogen) atoms. The summed E-state index contributed by atoms with van der Waals surface area (Å²) in [5, 5.41) is 0. The Morgan fingerprint density at radius 1 is 1.06 bits per heavy atom. The van der Waals surface area contributed by atoms with E-state index in [4.69, 9.17) is 0 Å². The van der Waals surface area contributed by atoms with Crippen LogP contribution >= 0.6 is 0 Å². The molecule has 1 saturated carbocycles. The molecule has 0 radical (unpaired) electrons. The van der Waals surface area contributed by atoms with Crippen LogP contribution in [0.25, 0.3) is 0 Å². The molecule has 1 saturated heterocycles. The maximum absolute atomic E-state index is 12.3. The third kappa shape index (κ3) is 1.04. The summed E-state index contributed by atoms with van der Waals surface area (Å²) < 4.78 is 0. The Morgan fingerprint density at radius 2 is 1.50 bits per heavy atom. The van der Waals surface area contributed by atoms with E-state index >= 15 is 0 Å². The molecule has 3 nitrogen and oxygen atoms in total. The van der Waals surface area contributed by atoms with Crippen molar-refractivity contribution in [1.29, 1.82) is 0 Å². The first kappa shape index (κ1) is 10.1. The van der Waals surface area contributed by atoms with Gasteiger partial charge in [0, 0.05) is 5.54 Å². The molecule has 1 heterocycles. The highest BCUT2D eigenvalue weighted by Crippen LogP contribution is 2.53. The molecule has 2 amide bonds. The number of fused-ring (bicyclic) bond motifs is 5. The van der Waals surface area contributed by atoms with Gasteiger partial charge in [0.15, 0.2) is 0 Å². The fourth-order valence-electron chi connectivity index (χ4n) is 3.56. The van der Waals surface area contributed by atoms with Crippen LogP contribution in [0.15, 0.2) is 12.2 Å². The van der Waals surface area contributed by atoms with E-state index in [0.717, 1.165) is 6.42 Å². The Morgan fingerprint density at radius 3 is 1.88 bits per heavy atom. The van der Waals surface area contributed by atoms with E-state index in [2.05, 4.69) is 12.2 Å². The van der Waals surface area contributed by atoms with Crippen LogP contribution in [-0.4, -0.2) is 22.3 Å². The zero-order valence-electron chi connectivity index (χ0n) is 9.93. The van der Waals surface area contributed by atoms with E-state index in [9.17, 15) is 9.59 Å². The Bertz CT molecular complexity index is 375. The Kier molecular flexibility index (Phi) is 1.74. The molecule has 2 fully saturated rings. The summed E-state index contributed by atoms with van der Waals surface area (Å²) in [5.41, 5.74) is -0.377. The molecule has 0 aromatic rings. The van der Waals surface area contributed by atoms with Crippen LogP contribution in [0.3, 0.4) is 0 Å². The highest BCUT2D eigenvalue weighted by Gasteiger charge is 2.60. The summed E-state index contributed by atoms with van der Waals surface area (Å²) in [6.45, 7) is 5.79. The summed E-state index contributed by atoms with van der Waals surface area (Å²) in [4.78, 5) is 26.1. The van der Waals surface area contributed by atoms with E-state index < -0.39 is 0 Å². The highest BCUT2D eigenvalue weighted by molar-refractivity contribution is 6.07. The molecule has 3 aliphatic rings. The molecule has 1 aliphatic heterocycles. The van der Waals surface area contributed by atoms with Crippen molar-refractivity contribution in [1.82, 2.24) is 4.90 Å². The Hall–Kier alpha value is -1.12. The van der Waals surface area contributed by atoms with Crippen molar-refractivity contribution in [3.63, 3.8) is 0 Å². The Balaban J connectivity index is 2.01. The van der Waals surface area contributed by atoms with Gasteiger partial charge >= 0.3 is 0 Å². The third-order valence-electron chi connectivity index (χ3n) is 4.14. The van der Waals surface area contributed by atoms with E-state index in [1.165, 1.54) is 4.90 Å². The van der Waals surface area contributed by atoms with E-state index in [0.29, 0.717) is 11.8 Å². The summed E-state index contributed by atoms with van der Waals surface area (Å²) in [6, 6.07) is 0. The summed E-state index contributed by atoms with van der Waals surface area (Å²) in [7, 11) is 0. The first-order valence-corrected chi connectivity index (χ1v) is 5.97. The minimum Gasteiger partial charge on any atom is -0.277 e. The van der Waals surface area contributed by atoms with Crippen LogP contribution in [0.2, 0.25) is 0 Å². The minimum atomic E-state index is -0.377. The molecule has 0 N–H and O–H groups in total. The van der Waals surface area contributed by atoms with E-state index in [-0.39, 0.29) is 29.2 Å². The van der Waals surface area contributed by atoms with Crippen LogP contribution in [-0.2, 0) is 9.59 Å². The molecule has 4 atom stereocenters. The van der Waals surface area contributed by atoms with Crippen LogP contribution in [0.1, 0.15) is 27.2 Å². The molecular formula is C13H17NO2.